The van der Waals surface area contributed by atoms with Crippen LogP contribution in [0.25, 0.3) is 4.85 Å². The molecule has 0 unspecified atom stereocenters. The summed E-state index contributed by atoms with van der Waals surface area (Å²) in [4.78, 5) is 3.30. The van der Waals surface area contributed by atoms with Gasteiger partial charge in [0.1, 0.15) is 11.4 Å². The van der Waals surface area contributed by atoms with Gasteiger partial charge in [-0.05, 0) is 32.9 Å². The molecule has 2 heteroatoms. The maximum absolute atomic E-state index is 6.78. The van der Waals surface area contributed by atoms with Gasteiger partial charge in [0, 0.05) is 0 Å². The Balaban J connectivity index is 2.77. The third-order valence-electron chi connectivity index (χ3n) is 1.39. The molecule has 1 aromatic carbocycles. The molecule has 0 aliphatic heterocycles. The molecule has 68 valence electrons. The molecular formula is C11H13NO. The second-order valence-electron chi connectivity index (χ2n) is 3.82. The molecule has 0 amide bonds. The van der Waals surface area contributed by atoms with Crippen molar-refractivity contribution in [2.75, 3.05) is 0 Å². The zero-order chi connectivity index (χ0) is 9.90. The number of benzene rings is 1. The fourth-order valence-electron chi connectivity index (χ4n) is 0.942. The maximum Gasteiger partial charge on any atom is 0.187 e. The van der Waals surface area contributed by atoms with Gasteiger partial charge in [-0.15, -0.1) is 0 Å². The van der Waals surface area contributed by atoms with Crippen molar-refractivity contribution in [2.45, 2.75) is 26.4 Å². The lowest BCUT2D eigenvalue weighted by molar-refractivity contribution is 0.131. The van der Waals surface area contributed by atoms with E-state index in [1.807, 2.05) is 32.9 Å². The van der Waals surface area contributed by atoms with Gasteiger partial charge >= 0.3 is 0 Å². The molecule has 0 aliphatic carbocycles. The number of ether oxygens (including phenoxy) is 1. The van der Waals surface area contributed by atoms with Gasteiger partial charge in [0.25, 0.3) is 0 Å². The van der Waals surface area contributed by atoms with Crippen LogP contribution in [0.3, 0.4) is 0 Å². The van der Waals surface area contributed by atoms with E-state index in [-0.39, 0.29) is 5.60 Å². The van der Waals surface area contributed by atoms with Gasteiger partial charge in [-0.2, -0.15) is 0 Å². The largest absolute Gasteiger partial charge is 0.488 e. The summed E-state index contributed by atoms with van der Waals surface area (Å²) in [6.07, 6.45) is 0. The van der Waals surface area contributed by atoms with Crippen LogP contribution in [0.2, 0.25) is 0 Å². The standard InChI is InChI=1S/C11H13NO/c1-11(2,3)13-10-7-5-9(12-4)6-8-10/h5-8H,1-3H3. The van der Waals surface area contributed by atoms with Crippen LogP contribution in [0.4, 0.5) is 5.69 Å². The maximum atomic E-state index is 6.78. The van der Waals surface area contributed by atoms with Gasteiger partial charge in [0.15, 0.2) is 5.69 Å². The van der Waals surface area contributed by atoms with Crippen molar-refractivity contribution in [3.63, 3.8) is 0 Å². The van der Waals surface area contributed by atoms with E-state index in [2.05, 4.69) is 4.85 Å². The Morgan fingerprint density at radius 2 is 1.69 bits per heavy atom. The van der Waals surface area contributed by atoms with Crippen molar-refractivity contribution in [2.24, 2.45) is 0 Å². The summed E-state index contributed by atoms with van der Waals surface area (Å²) in [6, 6.07) is 7.15. The van der Waals surface area contributed by atoms with Gasteiger partial charge < -0.3 is 4.74 Å². The molecule has 0 N–H and O–H groups in total. The van der Waals surface area contributed by atoms with Crippen LogP contribution >= 0.6 is 0 Å². The van der Waals surface area contributed by atoms with Crippen molar-refractivity contribution in [3.8, 4) is 5.75 Å². The van der Waals surface area contributed by atoms with E-state index in [0.717, 1.165) is 5.75 Å². The van der Waals surface area contributed by atoms with Gasteiger partial charge in [-0.3, -0.25) is 0 Å². The number of hydrogen-bond acceptors (Lipinski definition) is 1. The highest BCUT2D eigenvalue weighted by Gasteiger charge is 2.10. The average molecular weight is 175 g/mol. The van der Waals surface area contributed by atoms with Gasteiger partial charge in [-0.1, -0.05) is 12.1 Å². The zero-order valence-electron chi connectivity index (χ0n) is 8.16. The Labute approximate surface area is 79.0 Å². The van der Waals surface area contributed by atoms with Crippen LogP contribution in [-0.4, -0.2) is 5.60 Å². The van der Waals surface area contributed by atoms with E-state index in [9.17, 15) is 0 Å². The molecule has 2 nitrogen and oxygen atoms in total. The van der Waals surface area contributed by atoms with Gasteiger partial charge in [0.2, 0.25) is 0 Å². The molecule has 0 atom stereocenters. The minimum Gasteiger partial charge on any atom is -0.488 e. The highest BCUT2D eigenvalue weighted by atomic mass is 16.5. The highest BCUT2D eigenvalue weighted by molar-refractivity contribution is 5.47. The summed E-state index contributed by atoms with van der Waals surface area (Å²) in [7, 11) is 0. The summed E-state index contributed by atoms with van der Waals surface area (Å²) in [5.74, 6) is 0.805. The molecule has 1 rings (SSSR count). The van der Waals surface area contributed by atoms with Crippen LogP contribution in [-0.2, 0) is 0 Å². The first-order chi connectivity index (χ1) is 6.01. The van der Waals surface area contributed by atoms with E-state index in [4.69, 9.17) is 11.3 Å². The fourth-order valence-corrected chi connectivity index (χ4v) is 0.942. The molecule has 0 radical (unpaired) electrons. The SMILES string of the molecule is [C-]#[N+]c1ccc(OC(C)(C)C)cc1. The zero-order valence-corrected chi connectivity index (χ0v) is 8.16. The lowest BCUT2D eigenvalue weighted by Crippen LogP contribution is -2.22. The molecule has 0 saturated heterocycles. The summed E-state index contributed by atoms with van der Waals surface area (Å²) in [5, 5.41) is 0. The number of rotatable bonds is 1. The first-order valence-electron chi connectivity index (χ1n) is 4.18. The monoisotopic (exact) mass is 175 g/mol. The van der Waals surface area contributed by atoms with Crippen molar-refractivity contribution < 1.29 is 4.74 Å². The third-order valence-corrected chi connectivity index (χ3v) is 1.39. The first-order valence-corrected chi connectivity index (χ1v) is 4.18. The van der Waals surface area contributed by atoms with Crippen LogP contribution in [0.15, 0.2) is 24.3 Å². The minimum absolute atomic E-state index is 0.181. The Morgan fingerprint density at radius 3 is 2.08 bits per heavy atom. The molecule has 1 aromatic rings. The molecule has 0 aliphatic rings. The normalized spacial score (nSPS) is 10.6. The quantitative estimate of drug-likeness (QED) is 0.596. The molecule has 0 bridgehead atoms. The Hall–Kier alpha value is -1.49. The summed E-state index contributed by atoms with van der Waals surface area (Å²) >= 11 is 0. The van der Waals surface area contributed by atoms with Crippen molar-refractivity contribution >= 4 is 5.69 Å². The molecule has 0 fully saturated rings. The van der Waals surface area contributed by atoms with Gasteiger partial charge in [-0.25, -0.2) is 4.85 Å². The molecule has 13 heavy (non-hydrogen) atoms. The second-order valence-corrected chi connectivity index (χ2v) is 3.82. The van der Waals surface area contributed by atoms with E-state index in [1.165, 1.54) is 0 Å². The molecule has 0 spiro atoms. The topological polar surface area (TPSA) is 13.6 Å². The van der Waals surface area contributed by atoms with Crippen molar-refractivity contribution in [1.82, 2.24) is 0 Å². The molecule has 0 aromatic heterocycles. The van der Waals surface area contributed by atoms with Crippen LogP contribution in [0.1, 0.15) is 20.8 Å². The minimum atomic E-state index is -0.181. The fraction of sp³-hybridized carbons (Fsp3) is 0.364. The first kappa shape index (κ1) is 9.60. The van der Waals surface area contributed by atoms with Crippen molar-refractivity contribution in [3.05, 3.63) is 35.7 Å². The van der Waals surface area contributed by atoms with Crippen LogP contribution in [0, 0.1) is 6.57 Å². The highest BCUT2D eigenvalue weighted by Crippen LogP contribution is 2.21. The lowest BCUT2D eigenvalue weighted by atomic mass is 10.2. The molecule has 0 heterocycles. The summed E-state index contributed by atoms with van der Waals surface area (Å²) in [6.45, 7) is 12.8. The predicted octanol–water partition coefficient (Wildman–Crippen LogP) is 3.41. The van der Waals surface area contributed by atoms with Crippen LogP contribution < -0.4 is 4.74 Å². The summed E-state index contributed by atoms with van der Waals surface area (Å²) in [5.41, 5.74) is 0.459. The Bertz CT molecular complexity index is 313. The predicted molar refractivity (Wildman–Crippen MR) is 53.1 cm³/mol. The number of nitrogens with zero attached hydrogens (tertiary/aromatic N) is 1. The van der Waals surface area contributed by atoms with Crippen molar-refractivity contribution in [1.29, 1.82) is 0 Å². The Morgan fingerprint density at radius 1 is 1.15 bits per heavy atom. The second kappa shape index (κ2) is 3.49. The van der Waals surface area contributed by atoms with E-state index in [1.54, 1.807) is 12.1 Å². The molecule has 0 saturated carbocycles. The van der Waals surface area contributed by atoms with Gasteiger partial charge in [0.05, 0.1) is 6.57 Å². The van der Waals surface area contributed by atoms with Crippen LogP contribution in [0.5, 0.6) is 5.75 Å². The number of hydrogen-bond donors (Lipinski definition) is 0. The summed E-state index contributed by atoms with van der Waals surface area (Å²) < 4.78 is 5.60. The molecular weight excluding hydrogens is 162 g/mol. The van der Waals surface area contributed by atoms with E-state index < -0.39 is 0 Å². The lowest BCUT2D eigenvalue weighted by Gasteiger charge is -2.21. The Kier molecular flexibility index (Phi) is 2.57. The van der Waals surface area contributed by atoms with E-state index >= 15 is 0 Å². The smallest absolute Gasteiger partial charge is 0.187 e. The average Bonchev–Trinajstić information content (AvgIpc) is 2.03. The van der Waals surface area contributed by atoms with E-state index in [0.29, 0.717) is 5.69 Å². The third kappa shape index (κ3) is 3.16.